The minimum atomic E-state index is -0.513. The lowest BCUT2D eigenvalue weighted by molar-refractivity contribution is 1.07. The molecule has 308 valence electrons. The molecule has 11 aromatic carbocycles. The Morgan fingerprint density at radius 2 is 0.712 bits per heavy atom. The Morgan fingerprint density at radius 3 is 1.39 bits per heavy atom. The molecule has 0 N–H and O–H groups in total. The maximum atomic E-state index is 9.43. The van der Waals surface area contributed by atoms with Crippen molar-refractivity contribution in [3.63, 3.8) is 0 Å². The molecule has 0 bridgehead atoms. The Bertz CT molecular complexity index is 4160. The SMILES string of the molecule is [2H]c1c([2H])c([2H])c2c(-c3cc(-c4ccc5cc(-c6ccccc6)ccc5c4)cc(-c4nc(-c5ccc6ccc(-c7ccccc7)cc6c5)nc(-c5ccccc5-c5ccccc5)n4)c3)c([2H])c([2H])c([2H])c2c1[2H]. The fraction of sp³-hybridized carbons (Fsp3) is 0. The Morgan fingerprint density at radius 1 is 0.242 bits per heavy atom. The van der Waals surface area contributed by atoms with Crippen molar-refractivity contribution in [1.82, 2.24) is 15.0 Å². The summed E-state index contributed by atoms with van der Waals surface area (Å²) >= 11 is 0. The van der Waals surface area contributed by atoms with Crippen LogP contribution in [0.4, 0.5) is 0 Å². The normalized spacial score (nSPS) is 12.8. The summed E-state index contributed by atoms with van der Waals surface area (Å²) in [6.07, 6.45) is 0. The molecule has 1 aromatic heterocycles. The lowest BCUT2D eigenvalue weighted by Crippen LogP contribution is -2.01. The zero-order chi connectivity index (χ0) is 49.9. The molecular formula is C63H41N3. The van der Waals surface area contributed by atoms with E-state index in [1.807, 2.05) is 109 Å². The molecule has 0 fully saturated rings. The second kappa shape index (κ2) is 16.7. The predicted octanol–water partition coefficient (Wildman–Crippen LogP) is 16.7. The van der Waals surface area contributed by atoms with Gasteiger partial charge in [-0.3, -0.25) is 0 Å². The molecule has 3 nitrogen and oxygen atoms in total. The summed E-state index contributed by atoms with van der Waals surface area (Å²) in [6, 6.07) is 66.3. The van der Waals surface area contributed by atoms with Crippen LogP contribution in [-0.2, 0) is 0 Å². The van der Waals surface area contributed by atoms with Gasteiger partial charge in [0, 0.05) is 16.7 Å². The van der Waals surface area contributed by atoms with Crippen molar-refractivity contribution in [2.24, 2.45) is 0 Å². The Kier molecular flexibility index (Phi) is 8.10. The van der Waals surface area contributed by atoms with Crippen LogP contribution >= 0.6 is 0 Å². The average molecular weight is 847 g/mol. The minimum absolute atomic E-state index is 0.00750. The zero-order valence-corrected chi connectivity index (χ0v) is 35.5. The first-order chi connectivity index (χ1) is 35.6. The number of fused-ring (bicyclic) bond motifs is 3. The number of hydrogen-bond acceptors (Lipinski definition) is 3. The highest BCUT2D eigenvalue weighted by Crippen LogP contribution is 2.39. The monoisotopic (exact) mass is 846 g/mol. The van der Waals surface area contributed by atoms with Gasteiger partial charge in [0.25, 0.3) is 0 Å². The van der Waals surface area contributed by atoms with Gasteiger partial charge in [-0.15, -0.1) is 0 Å². The van der Waals surface area contributed by atoms with Gasteiger partial charge in [-0.2, -0.15) is 0 Å². The highest BCUT2D eigenvalue weighted by atomic mass is 15.0. The Balaban J connectivity index is 1.12. The molecule has 12 aromatic rings. The minimum Gasteiger partial charge on any atom is -0.208 e. The quantitative estimate of drug-likeness (QED) is 0.153. The molecule has 0 saturated heterocycles. The maximum Gasteiger partial charge on any atom is 0.164 e. The van der Waals surface area contributed by atoms with Gasteiger partial charge in [-0.25, -0.2) is 15.0 Å². The fourth-order valence-corrected chi connectivity index (χ4v) is 8.83. The van der Waals surface area contributed by atoms with Crippen LogP contribution < -0.4 is 0 Å². The molecular weight excluding hydrogens is 799 g/mol. The van der Waals surface area contributed by atoms with Crippen LogP contribution in [0.25, 0.3) is 122 Å². The van der Waals surface area contributed by atoms with Crippen molar-refractivity contribution in [2.75, 3.05) is 0 Å². The summed E-state index contributed by atoms with van der Waals surface area (Å²) < 4.78 is 62.7. The van der Waals surface area contributed by atoms with Crippen molar-refractivity contribution in [2.45, 2.75) is 0 Å². The number of rotatable bonds is 8. The predicted molar refractivity (Wildman–Crippen MR) is 276 cm³/mol. The van der Waals surface area contributed by atoms with Gasteiger partial charge < -0.3 is 0 Å². The average Bonchev–Trinajstić information content (AvgIpc) is 3.45. The molecule has 3 heteroatoms. The molecule has 0 aliphatic rings. The summed E-state index contributed by atoms with van der Waals surface area (Å²) in [5.41, 5.74) is 10.4. The van der Waals surface area contributed by atoms with E-state index in [0.717, 1.165) is 71.6 Å². The maximum absolute atomic E-state index is 9.43. The van der Waals surface area contributed by atoms with Crippen molar-refractivity contribution in [1.29, 1.82) is 0 Å². The summed E-state index contributed by atoms with van der Waals surface area (Å²) in [5, 5.41) is 3.96. The summed E-state index contributed by atoms with van der Waals surface area (Å²) in [7, 11) is 0. The molecule has 0 atom stereocenters. The molecule has 1 heterocycles. The molecule has 0 saturated carbocycles. The van der Waals surface area contributed by atoms with E-state index in [-0.39, 0.29) is 22.4 Å². The summed E-state index contributed by atoms with van der Waals surface area (Å²) in [5.74, 6) is 1.17. The van der Waals surface area contributed by atoms with Crippen LogP contribution in [0.2, 0.25) is 0 Å². The largest absolute Gasteiger partial charge is 0.208 e. The molecule has 0 unspecified atom stereocenters. The van der Waals surface area contributed by atoms with Crippen LogP contribution in [0.5, 0.6) is 0 Å². The third-order valence-corrected chi connectivity index (χ3v) is 12.2. The van der Waals surface area contributed by atoms with Crippen LogP contribution in [0, 0.1) is 0 Å². The first-order valence-electron chi connectivity index (χ1n) is 25.3. The fourth-order valence-electron chi connectivity index (χ4n) is 8.83. The smallest absolute Gasteiger partial charge is 0.164 e. The molecule has 0 radical (unpaired) electrons. The van der Waals surface area contributed by atoms with Crippen LogP contribution in [0.1, 0.15) is 9.60 Å². The lowest BCUT2D eigenvalue weighted by Gasteiger charge is -2.15. The zero-order valence-electron chi connectivity index (χ0n) is 42.5. The van der Waals surface area contributed by atoms with E-state index in [0.29, 0.717) is 34.2 Å². The van der Waals surface area contributed by atoms with Crippen molar-refractivity contribution >= 4 is 32.3 Å². The van der Waals surface area contributed by atoms with Crippen LogP contribution in [0.15, 0.2) is 249 Å². The van der Waals surface area contributed by atoms with E-state index >= 15 is 0 Å². The third-order valence-electron chi connectivity index (χ3n) is 12.2. The molecule has 66 heavy (non-hydrogen) atoms. The van der Waals surface area contributed by atoms with E-state index in [4.69, 9.17) is 21.8 Å². The standard InChI is InChI=1S/C63H41N3/c1-4-15-42(16-5-1)47-30-31-50-36-51(33-32-49(50)35-47)54-39-55(59-26-14-22-46-21-10-11-23-57(46)59)41-56(40-54)62-64-61(65-63(66-62)60-25-13-12-24-58(60)45-19-8-3-9-20-45)52-34-28-44-27-29-48(37-53(44)38-52)43-17-6-2-7-18-43/h1-41H/i10D,11D,14D,21D,22D,23D,26D. The second-order valence-corrected chi connectivity index (χ2v) is 16.3. The second-order valence-electron chi connectivity index (χ2n) is 16.3. The Hall–Kier alpha value is -8.79. The third kappa shape index (κ3) is 7.49. The van der Waals surface area contributed by atoms with Gasteiger partial charge >= 0.3 is 0 Å². The highest BCUT2D eigenvalue weighted by Gasteiger charge is 2.18. The first kappa shape index (κ1) is 32.0. The van der Waals surface area contributed by atoms with Crippen molar-refractivity contribution < 1.29 is 9.60 Å². The number of nitrogens with zero attached hydrogens (tertiary/aromatic N) is 3. The molecule has 12 rings (SSSR count). The van der Waals surface area contributed by atoms with Gasteiger partial charge in [0.2, 0.25) is 0 Å². The highest BCUT2D eigenvalue weighted by molar-refractivity contribution is 5.99. The van der Waals surface area contributed by atoms with E-state index in [1.165, 1.54) is 0 Å². The van der Waals surface area contributed by atoms with Gasteiger partial charge in [-0.05, 0) is 130 Å². The molecule has 0 spiro atoms. The topological polar surface area (TPSA) is 38.7 Å². The van der Waals surface area contributed by atoms with E-state index in [9.17, 15) is 2.74 Å². The molecule has 0 aliphatic carbocycles. The van der Waals surface area contributed by atoms with Crippen LogP contribution in [0.3, 0.4) is 0 Å². The van der Waals surface area contributed by atoms with Crippen molar-refractivity contribution in [3.05, 3.63) is 249 Å². The lowest BCUT2D eigenvalue weighted by atomic mass is 9.92. The molecule has 0 amide bonds. The number of aromatic nitrogens is 3. The van der Waals surface area contributed by atoms with Crippen molar-refractivity contribution in [3.8, 4) is 89.8 Å². The summed E-state index contributed by atoms with van der Waals surface area (Å²) in [6.45, 7) is 0. The summed E-state index contributed by atoms with van der Waals surface area (Å²) in [4.78, 5) is 15.8. The van der Waals surface area contributed by atoms with Gasteiger partial charge in [-0.1, -0.05) is 206 Å². The number of benzene rings is 11. The molecule has 0 aliphatic heterocycles. The van der Waals surface area contributed by atoms with E-state index < -0.39 is 36.3 Å². The Labute approximate surface area is 393 Å². The van der Waals surface area contributed by atoms with Gasteiger partial charge in [0.15, 0.2) is 17.5 Å². The van der Waals surface area contributed by atoms with E-state index in [1.54, 1.807) is 0 Å². The number of hydrogen-bond donors (Lipinski definition) is 0. The first-order valence-corrected chi connectivity index (χ1v) is 21.8. The van der Waals surface area contributed by atoms with Gasteiger partial charge in [0.05, 0.1) is 9.60 Å². The van der Waals surface area contributed by atoms with E-state index in [2.05, 4.69) is 97.1 Å². The van der Waals surface area contributed by atoms with Gasteiger partial charge in [0.1, 0.15) is 0 Å². The van der Waals surface area contributed by atoms with Crippen LogP contribution in [-0.4, -0.2) is 15.0 Å².